The Labute approximate surface area is 110 Å². The van der Waals surface area contributed by atoms with Crippen molar-refractivity contribution in [2.45, 2.75) is 44.7 Å². The van der Waals surface area contributed by atoms with Crippen LogP contribution in [0, 0.1) is 6.92 Å². The third kappa shape index (κ3) is 2.21. The quantitative estimate of drug-likeness (QED) is 0.802. The first-order chi connectivity index (χ1) is 8.68. The third-order valence-corrected chi connectivity index (χ3v) is 4.78. The van der Waals surface area contributed by atoms with Gasteiger partial charge in [0.05, 0.1) is 6.54 Å². The van der Waals surface area contributed by atoms with E-state index in [0.29, 0.717) is 5.54 Å². The molecule has 3 heteroatoms. The molecule has 2 saturated heterocycles. The zero-order valence-corrected chi connectivity index (χ0v) is 11.6. The van der Waals surface area contributed by atoms with E-state index in [0.717, 1.165) is 18.1 Å². The monoisotopic (exact) mass is 248 g/mol. The van der Waals surface area contributed by atoms with E-state index in [1.54, 1.807) is 0 Å². The van der Waals surface area contributed by atoms with Gasteiger partial charge in [0.15, 0.2) is 0 Å². The molecule has 1 atom stereocenters. The van der Waals surface area contributed by atoms with Crippen molar-refractivity contribution >= 4 is 0 Å². The van der Waals surface area contributed by atoms with Crippen molar-refractivity contribution in [3.05, 3.63) is 23.7 Å². The lowest BCUT2D eigenvalue weighted by Crippen LogP contribution is -2.51. The molecule has 1 spiro atoms. The van der Waals surface area contributed by atoms with Crippen molar-refractivity contribution in [3.63, 3.8) is 0 Å². The zero-order valence-electron chi connectivity index (χ0n) is 11.6. The van der Waals surface area contributed by atoms with E-state index in [-0.39, 0.29) is 0 Å². The minimum atomic E-state index is 0.458. The van der Waals surface area contributed by atoms with Crippen LogP contribution < -0.4 is 0 Å². The zero-order chi connectivity index (χ0) is 12.6. The molecule has 0 unspecified atom stereocenters. The molecule has 2 aliphatic rings. The molecule has 0 bridgehead atoms. The molecule has 0 saturated carbocycles. The van der Waals surface area contributed by atoms with Gasteiger partial charge in [-0.25, -0.2) is 0 Å². The van der Waals surface area contributed by atoms with E-state index in [4.69, 9.17) is 4.42 Å². The Morgan fingerprint density at radius 3 is 2.83 bits per heavy atom. The summed E-state index contributed by atoms with van der Waals surface area (Å²) in [5.41, 5.74) is 0.458. The van der Waals surface area contributed by atoms with Gasteiger partial charge in [0.2, 0.25) is 0 Å². The van der Waals surface area contributed by atoms with Gasteiger partial charge < -0.3 is 4.42 Å². The fourth-order valence-corrected chi connectivity index (χ4v) is 3.61. The number of piperidine rings is 1. The van der Waals surface area contributed by atoms with Crippen molar-refractivity contribution in [1.29, 1.82) is 0 Å². The molecule has 0 radical (unpaired) electrons. The Morgan fingerprint density at radius 1 is 1.22 bits per heavy atom. The topological polar surface area (TPSA) is 19.6 Å². The SMILES string of the molecule is Cc1ccc(CN2CC[C@]3(CCCCN3C)C2)o1. The highest BCUT2D eigenvalue weighted by Gasteiger charge is 2.42. The van der Waals surface area contributed by atoms with E-state index in [2.05, 4.69) is 29.0 Å². The Balaban J connectivity index is 1.64. The maximum absolute atomic E-state index is 5.69. The number of aryl methyl sites for hydroxylation is 1. The van der Waals surface area contributed by atoms with Crippen molar-refractivity contribution in [3.8, 4) is 0 Å². The lowest BCUT2D eigenvalue weighted by Gasteiger charge is -2.42. The number of nitrogens with zero attached hydrogens (tertiary/aromatic N) is 2. The van der Waals surface area contributed by atoms with Gasteiger partial charge in [-0.1, -0.05) is 6.42 Å². The van der Waals surface area contributed by atoms with E-state index in [1.807, 2.05) is 6.92 Å². The first kappa shape index (κ1) is 12.2. The molecule has 2 fully saturated rings. The number of hydrogen-bond acceptors (Lipinski definition) is 3. The van der Waals surface area contributed by atoms with E-state index in [9.17, 15) is 0 Å². The first-order valence-electron chi connectivity index (χ1n) is 7.17. The average Bonchev–Trinajstić information content (AvgIpc) is 2.92. The molecule has 1 aromatic rings. The summed E-state index contributed by atoms with van der Waals surface area (Å²) in [5.74, 6) is 2.14. The van der Waals surface area contributed by atoms with Crippen molar-refractivity contribution < 1.29 is 4.42 Å². The summed E-state index contributed by atoms with van der Waals surface area (Å²) in [6.07, 6.45) is 5.47. The Morgan fingerprint density at radius 2 is 2.11 bits per heavy atom. The molecule has 0 amide bonds. The second-order valence-electron chi connectivity index (χ2n) is 6.08. The van der Waals surface area contributed by atoms with Crippen LogP contribution >= 0.6 is 0 Å². The Hall–Kier alpha value is -0.800. The van der Waals surface area contributed by atoms with Gasteiger partial charge in [-0.15, -0.1) is 0 Å². The molecule has 0 aromatic carbocycles. The lowest BCUT2D eigenvalue weighted by atomic mass is 9.86. The van der Waals surface area contributed by atoms with Gasteiger partial charge in [-0.05, 0) is 51.9 Å². The molecule has 18 heavy (non-hydrogen) atoms. The van der Waals surface area contributed by atoms with Gasteiger partial charge in [0.1, 0.15) is 11.5 Å². The minimum absolute atomic E-state index is 0.458. The van der Waals surface area contributed by atoms with E-state index >= 15 is 0 Å². The van der Waals surface area contributed by atoms with E-state index < -0.39 is 0 Å². The lowest BCUT2D eigenvalue weighted by molar-refractivity contribution is 0.0775. The van der Waals surface area contributed by atoms with Crippen LogP contribution in [-0.4, -0.2) is 42.0 Å². The Bertz CT molecular complexity index is 414. The average molecular weight is 248 g/mol. The second-order valence-corrected chi connectivity index (χ2v) is 6.08. The summed E-state index contributed by atoms with van der Waals surface area (Å²) in [6, 6.07) is 4.18. The molecule has 100 valence electrons. The van der Waals surface area contributed by atoms with Crippen LogP contribution in [-0.2, 0) is 6.54 Å². The van der Waals surface area contributed by atoms with Crippen LogP contribution in [0.25, 0.3) is 0 Å². The van der Waals surface area contributed by atoms with Gasteiger partial charge in [-0.2, -0.15) is 0 Å². The summed E-state index contributed by atoms with van der Waals surface area (Å²) >= 11 is 0. The highest BCUT2D eigenvalue weighted by atomic mass is 16.3. The highest BCUT2D eigenvalue weighted by molar-refractivity contribution is 5.07. The molecule has 0 N–H and O–H groups in total. The van der Waals surface area contributed by atoms with Gasteiger partial charge in [0, 0.05) is 18.6 Å². The maximum atomic E-state index is 5.69. The second kappa shape index (κ2) is 4.71. The van der Waals surface area contributed by atoms with Crippen LogP contribution in [0.4, 0.5) is 0 Å². The molecule has 2 aliphatic heterocycles. The van der Waals surface area contributed by atoms with Gasteiger partial charge in [0.25, 0.3) is 0 Å². The summed E-state index contributed by atoms with van der Waals surface area (Å²) in [5, 5.41) is 0. The van der Waals surface area contributed by atoms with Crippen molar-refractivity contribution in [1.82, 2.24) is 9.80 Å². The highest BCUT2D eigenvalue weighted by Crippen LogP contribution is 2.35. The molecule has 3 heterocycles. The number of furan rings is 1. The first-order valence-corrected chi connectivity index (χ1v) is 7.17. The van der Waals surface area contributed by atoms with Crippen LogP contribution in [0.3, 0.4) is 0 Å². The largest absolute Gasteiger partial charge is 0.465 e. The Kier molecular flexibility index (Phi) is 3.20. The van der Waals surface area contributed by atoms with Gasteiger partial charge in [-0.3, -0.25) is 9.80 Å². The summed E-state index contributed by atoms with van der Waals surface area (Å²) < 4.78 is 5.69. The van der Waals surface area contributed by atoms with Crippen molar-refractivity contribution in [2.24, 2.45) is 0 Å². The molecule has 3 nitrogen and oxygen atoms in total. The van der Waals surface area contributed by atoms with E-state index in [1.165, 1.54) is 45.3 Å². The number of likely N-dealkylation sites (N-methyl/N-ethyl adjacent to an activating group) is 1. The molecule has 1 aromatic heterocycles. The number of rotatable bonds is 2. The fourth-order valence-electron chi connectivity index (χ4n) is 3.61. The summed E-state index contributed by atoms with van der Waals surface area (Å²) in [7, 11) is 2.31. The van der Waals surface area contributed by atoms with Crippen molar-refractivity contribution in [2.75, 3.05) is 26.7 Å². The smallest absolute Gasteiger partial charge is 0.118 e. The molecule has 3 rings (SSSR count). The van der Waals surface area contributed by atoms with Crippen LogP contribution in [0.1, 0.15) is 37.2 Å². The third-order valence-electron chi connectivity index (χ3n) is 4.78. The molecular weight excluding hydrogens is 224 g/mol. The fraction of sp³-hybridized carbons (Fsp3) is 0.733. The minimum Gasteiger partial charge on any atom is -0.465 e. The predicted octanol–water partition coefficient (Wildman–Crippen LogP) is 2.65. The predicted molar refractivity (Wildman–Crippen MR) is 72.6 cm³/mol. The summed E-state index contributed by atoms with van der Waals surface area (Å²) in [6.45, 7) is 6.69. The van der Waals surface area contributed by atoms with Gasteiger partial charge >= 0.3 is 0 Å². The standard InChI is InChI=1S/C15H24N2O/c1-13-5-6-14(18-13)11-17-10-8-15(12-17)7-3-4-9-16(15)2/h5-6H,3-4,7-12H2,1-2H3/t15-/m1/s1. The number of likely N-dealkylation sites (tertiary alicyclic amines) is 2. The molecule has 0 aliphatic carbocycles. The maximum Gasteiger partial charge on any atom is 0.118 e. The molecular formula is C15H24N2O. The number of hydrogen-bond donors (Lipinski definition) is 0. The summed E-state index contributed by atoms with van der Waals surface area (Å²) in [4.78, 5) is 5.16. The normalized spacial score (nSPS) is 30.3. The van der Waals surface area contributed by atoms with Crippen LogP contribution in [0.15, 0.2) is 16.5 Å². The van der Waals surface area contributed by atoms with Crippen LogP contribution in [0.2, 0.25) is 0 Å². The van der Waals surface area contributed by atoms with Crippen LogP contribution in [0.5, 0.6) is 0 Å².